The predicted molar refractivity (Wildman–Crippen MR) is 150 cm³/mol. The van der Waals surface area contributed by atoms with Gasteiger partial charge in [-0.1, -0.05) is 0 Å². The summed E-state index contributed by atoms with van der Waals surface area (Å²) in [4.78, 5) is 36.7. The second-order valence-corrected chi connectivity index (χ2v) is 14.6. The van der Waals surface area contributed by atoms with Gasteiger partial charge in [0.15, 0.2) is 5.65 Å². The number of aromatic nitrogens is 6. The molecule has 1 amide bonds. The predicted octanol–water partition coefficient (Wildman–Crippen LogP) is 1.70. The molecule has 3 aromatic heterocycles. The zero-order valence-electron chi connectivity index (χ0n) is 24.1. The smallest absolute Gasteiger partial charge is 0.410 e. The van der Waals surface area contributed by atoms with Gasteiger partial charge >= 0.3 is 11.8 Å². The molecule has 41 heavy (non-hydrogen) atoms. The highest BCUT2D eigenvalue weighted by Gasteiger charge is 2.55. The highest BCUT2D eigenvalue weighted by molar-refractivity contribution is 7.89. The number of aryl methyl sites for hydroxylation is 2. The highest BCUT2D eigenvalue weighted by atomic mass is 32.2. The Labute approximate surface area is 238 Å². The molecule has 6 rings (SSSR count). The van der Waals surface area contributed by atoms with Crippen LogP contribution >= 0.6 is 0 Å². The number of rotatable bonds is 5. The number of carbonyl (C=O) groups is 1. The van der Waals surface area contributed by atoms with Gasteiger partial charge in [-0.2, -0.15) is 14.4 Å². The summed E-state index contributed by atoms with van der Waals surface area (Å²) >= 11 is 0. The molecule has 1 spiro atoms. The van der Waals surface area contributed by atoms with Crippen molar-refractivity contribution in [1.29, 1.82) is 0 Å². The van der Waals surface area contributed by atoms with Crippen molar-refractivity contribution in [2.45, 2.75) is 69.0 Å². The lowest BCUT2D eigenvalue weighted by atomic mass is 9.60. The molecule has 0 atom stereocenters. The maximum Gasteiger partial charge on any atom is 0.410 e. The van der Waals surface area contributed by atoms with E-state index < -0.39 is 15.6 Å². The average Bonchev–Trinajstić information content (AvgIpc) is 3.39. The van der Waals surface area contributed by atoms with E-state index in [4.69, 9.17) is 9.72 Å². The number of hydrogen-bond donors (Lipinski definition) is 1. The van der Waals surface area contributed by atoms with Crippen LogP contribution in [0.3, 0.4) is 0 Å². The Balaban J connectivity index is 1.11. The molecular formula is C26H37N9O5S. The Kier molecular flexibility index (Phi) is 6.45. The summed E-state index contributed by atoms with van der Waals surface area (Å²) in [6, 6.07) is -0.00636. The van der Waals surface area contributed by atoms with Gasteiger partial charge in [0.25, 0.3) is 0 Å². The SMILES string of the molecule is Cn1cc(S(=O)(=O)N2CCC(Nc3ncc4c(n3)n(C3CC5(C3)CN(C(=O)OC(C)(C)C)C5)c(=O)n4C)CC2)cn1. The number of hydrogen-bond acceptors (Lipinski definition) is 9. The third kappa shape index (κ3) is 4.98. The first-order valence-corrected chi connectivity index (χ1v) is 15.4. The summed E-state index contributed by atoms with van der Waals surface area (Å²) in [5, 5.41) is 7.34. The molecule has 2 saturated heterocycles. The van der Waals surface area contributed by atoms with E-state index in [2.05, 4.69) is 15.4 Å². The minimum Gasteiger partial charge on any atom is -0.444 e. The molecule has 3 aliphatic rings. The molecule has 0 aromatic carbocycles. The topological polar surface area (TPSA) is 149 Å². The quantitative estimate of drug-likeness (QED) is 0.471. The van der Waals surface area contributed by atoms with Gasteiger partial charge in [0.2, 0.25) is 16.0 Å². The van der Waals surface area contributed by atoms with Gasteiger partial charge in [-0.3, -0.25) is 13.8 Å². The van der Waals surface area contributed by atoms with E-state index in [1.165, 1.54) is 21.4 Å². The van der Waals surface area contributed by atoms with Gasteiger partial charge in [-0.15, -0.1) is 0 Å². The van der Waals surface area contributed by atoms with E-state index in [0.29, 0.717) is 56.1 Å². The highest BCUT2D eigenvalue weighted by Crippen LogP contribution is 2.54. The lowest BCUT2D eigenvalue weighted by Gasteiger charge is -2.58. The average molecular weight is 588 g/mol. The number of nitrogens with one attached hydrogen (secondary N) is 1. The van der Waals surface area contributed by atoms with Crippen molar-refractivity contribution in [3.63, 3.8) is 0 Å². The molecule has 3 fully saturated rings. The lowest BCUT2D eigenvalue weighted by Crippen LogP contribution is -2.64. The third-order valence-corrected chi connectivity index (χ3v) is 10.2. The number of carbonyl (C=O) groups excluding carboxylic acids is 1. The Morgan fingerprint density at radius 1 is 1.12 bits per heavy atom. The van der Waals surface area contributed by atoms with Crippen molar-refractivity contribution in [2.24, 2.45) is 19.5 Å². The van der Waals surface area contributed by atoms with Crippen molar-refractivity contribution in [1.82, 2.24) is 38.1 Å². The van der Waals surface area contributed by atoms with Crippen LogP contribution in [0.1, 0.15) is 52.5 Å². The zero-order chi connectivity index (χ0) is 29.3. The summed E-state index contributed by atoms with van der Waals surface area (Å²) in [5.74, 6) is 0.416. The third-order valence-electron chi connectivity index (χ3n) is 8.35. The van der Waals surface area contributed by atoms with Crippen LogP contribution in [-0.2, 0) is 28.9 Å². The van der Waals surface area contributed by atoms with E-state index >= 15 is 0 Å². The number of likely N-dealkylation sites (tertiary alicyclic amines) is 1. The minimum absolute atomic E-state index is 0.00234. The monoisotopic (exact) mass is 587 g/mol. The number of imidazole rings is 1. The fourth-order valence-corrected chi connectivity index (χ4v) is 7.69. The number of fused-ring (bicyclic) bond motifs is 1. The number of ether oxygens (including phenoxy) is 1. The van der Waals surface area contributed by atoms with E-state index in [-0.39, 0.29) is 34.2 Å². The second kappa shape index (κ2) is 9.54. The molecule has 0 bridgehead atoms. The van der Waals surface area contributed by atoms with E-state index in [9.17, 15) is 18.0 Å². The van der Waals surface area contributed by atoms with Crippen LogP contribution in [0.5, 0.6) is 0 Å². The number of sulfonamides is 1. The molecule has 5 heterocycles. The molecule has 0 unspecified atom stereocenters. The van der Waals surface area contributed by atoms with Crippen LogP contribution in [0.15, 0.2) is 28.3 Å². The van der Waals surface area contributed by atoms with E-state index in [1.54, 1.807) is 34.3 Å². The summed E-state index contributed by atoms with van der Waals surface area (Å²) < 4.78 is 37.6. The summed E-state index contributed by atoms with van der Waals surface area (Å²) in [6.45, 7) is 7.58. The molecule has 14 nitrogen and oxygen atoms in total. The Morgan fingerprint density at radius 2 is 1.80 bits per heavy atom. The Morgan fingerprint density at radius 3 is 2.41 bits per heavy atom. The van der Waals surface area contributed by atoms with Gasteiger partial charge < -0.3 is 15.0 Å². The van der Waals surface area contributed by atoms with Gasteiger partial charge in [0, 0.05) is 64.0 Å². The Bertz CT molecular complexity index is 1650. The molecule has 0 radical (unpaired) electrons. The van der Waals surface area contributed by atoms with Crippen molar-refractivity contribution in [3.05, 3.63) is 29.1 Å². The first-order valence-electron chi connectivity index (χ1n) is 13.9. The van der Waals surface area contributed by atoms with Crippen LogP contribution < -0.4 is 11.0 Å². The van der Waals surface area contributed by atoms with E-state index in [0.717, 1.165) is 12.8 Å². The maximum atomic E-state index is 13.2. The normalized spacial score (nSPS) is 20.3. The first-order chi connectivity index (χ1) is 19.2. The molecule has 15 heteroatoms. The van der Waals surface area contributed by atoms with Crippen molar-refractivity contribution in [3.8, 4) is 0 Å². The minimum atomic E-state index is -3.58. The van der Waals surface area contributed by atoms with Crippen LogP contribution in [-0.4, -0.2) is 90.4 Å². The van der Waals surface area contributed by atoms with Gasteiger partial charge in [-0.25, -0.2) is 23.0 Å². The summed E-state index contributed by atoms with van der Waals surface area (Å²) in [7, 11) is -0.173. The first kappa shape index (κ1) is 27.7. The van der Waals surface area contributed by atoms with Crippen LogP contribution in [0, 0.1) is 5.41 Å². The molecular weight excluding hydrogens is 550 g/mol. The van der Waals surface area contributed by atoms with E-state index in [1.807, 2.05) is 20.8 Å². The molecule has 1 N–H and O–H groups in total. The number of amides is 1. The fourth-order valence-electron chi connectivity index (χ4n) is 6.24. The van der Waals surface area contributed by atoms with Crippen LogP contribution in [0.2, 0.25) is 0 Å². The fraction of sp³-hybridized carbons (Fsp3) is 0.654. The largest absolute Gasteiger partial charge is 0.444 e. The molecule has 3 aromatic rings. The number of piperidine rings is 1. The lowest BCUT2D eigenvalue weighted by molar-refractivity contribution is -0.0906. The van der Waals surface area contributed by atoms with Crippen LogP contribution in [0.4, 0.5) is 10.7 Å². The number of anilines is 1. The molecule has 222 valence electrons. The number of nitrogens with zero attached hydrogens (tertiary/aromatic N) is 8. The van der Waals surface area contributed by atoms with Gasteiger partial charge in [0.1, 0.15) is 16.0 Å². The molecule has 1 aliphatic carbocycles. The Hall–Kier alpha value is -3.46. The van der Waals surface area contributed by atoms with Gasteiger partial charge in [-0.05, 0) is 46.5 Å². The van der Waals surface area contributed by atoms with Gasteiger partial charge in [0.05, 0.1) is 12.4 Å². The standard InChI is InChI=1S/C26H37N9O5S/c1-25(2,3)40-24(37)33-15-26(16-33)10-18(11-26)35-21-20(32(5)23(35)36)13-27-22(30-21)29-17-6-8-34(9-7-17)41(38,39)19-12-28-31(4)14-19/h12-14,17-18H,6-11,15-16H2,1-5H3,(H,27,29,30). The zero-order valence-corrected chi connectivity index (χ0v) is 24.9. The molecule has 1 saturated carbocycles. The van der Waals surface area contributed by atoms with Crippen molar-refractivity contribution in [2.75, 3.05) is 31.5 Å². The van der Waals surface area contributed by atoms with Crippen molar-refractivity contribution < 1.29 is 17.9 Å². The summed E-state index contributed by atoms with van der Waals surface area (Å²) in [6.07, 6.45) is 7.03. The second-order valence-electron chi connectivity index (χ2n) is 12.7. The maximum absolute atomic E-state index is 13.2. The summed E-state index contributed by atoms with van der Waals surface area (Å²) in [5.41, 5.74) is 0.584. The molecule has 2 aliphatic heterocycles. The van der Waals surface area contributed by atoms with Crippen molar-refractivity contribution >= 4 is 33.2 Å². The van der Waals surface area contributed by atoms with Crippen LogP contribution in [0.25, 0.3) is 11.2 Å².